The lowest BCUT2D eigenvalue weighted by atomic mass is 10.0. The number of para-hydroxylation sites is 4. The molecule has 0 radical (unpaired) electrons. The zero-order valence-electron chi connectivity index (χ0n) is 27.1. The molecule has 1 atom stereocenters. The van der Waals surface area contributed by atoms with E-state index in [0.29, 0.717) is 76.5 Å². The van der Waals surface area contributed by atoms with Crippen molar-refractivity contribution in [2.75, 3.05) is 5.43 Å². The standard InChI is InChI=1S/C38H22N10O5/c49-27-15-21-29-17(7-5-9-19(29)35(51)47-25-13-3-1-11-23(25)39-33(21)47)31(27)41-43-37-45-46-38(53-37)44-42-32-18-8-6-10-20-30(18)22(16-28(32)50)34-40-24-12-2-4-14-26(24)48(34)36(20)52/h1-16,37,42-43,45,50H,(H,44,46). The molecule has 5 N–H and O–H groups in total. The summed E-state index contributed by atoms with van der Waals surface area (Å²) in [6, 6.07) is 28.2. The Morgan fingerprint density at radius 3 is 1.94 bits per heavy atom. The number of phenols is 1. The van der Waals surface area contributed by atoms with Crippen LogP contribution in [0.4, 0.5) is 5.69 Å². The van der Waals surface area contributed by atoms with Crippen LogP contribution in [-0.4, -0.2) is 36.2 Å². The second kappa shape index (κ2) is 10.4. The van der Waals surface area contributed by atoms with Crippen molar-refractivity contribution in [3.8, 4) is 5.75 Å². The monoisotopic (exact) mass is 698 g/mol. The number of amidine groups is 1. The number of aromatic nitrogens is 4. The first-order valence-corrected chi connectivity index (χ1v) is 16.5. The van der Waals surface area contributed by atoms with E-state index in [0.717, 1.165) is 0 Å². The Hall–Kier alpha value is -7.65. The number of hydrogen-bond acceptors (Lipinski definition) is 12. The summed E-state index contributed by atoms with van der Waals surface area (Å²) >= 11 is 0. The number of pyridine rings is 2. The predicted octanol–water partition coefficient (Wildman–Crippen LogP) is 3.20. The van der Waals surface area contributed by atoms with Crippen molar-refractivity contribution < 1.29 is 9.84 Å². The van der Waals surface area contributed by atoms with Gasteiger partial charge in [0.2, 0.25) is 5.43 Å². The van der Waals surface area contributed by atoms with Crippen molar-refractivity contribution in [3.63, 3.8) is 0 Å². The first-order chi connectivity index (χ1) is 25.9. The second-order valence-corrected chi connectivity index (χ2v) is 12.7. The third-order valence-corrected chi connectivity index (χ3v) is 9.81. The molecule has 0 amide bonds. The van der Waals surface area contributed by atoms with Gasteiger partial charge in [0.1, 0.15) is 28.1 Å². The fourth-order valence-electron chi connectivity index (χ4n) is 7.56. The van der Waals surface area contributed by atoms with Gasteiger partial charge < -0.3 is 9.84 Å². The van der Waals surface area contributed by atoms with E-state index >= 15 is 0 Å². The molecule has 1 aliphatic heterocycles. The van der Waals surface area contributed by atoms with E-state index in [1.165, 1.54) is 6.07 Å². The van der Waals surface area contributed by atoms with Gasteiger partial charge >= 0.3 is 6.02 Å². The summed E-state index contributed by atoms with van der Waals surface area (Å²) in [5.41, 5.74) is 14.2. The van der Waals surface area contributed by atoms with E-state index in [4.69, 9.17) is 9.72 Å². The molecule has 0 saturated carbocycles. The molecule has 1 saturated heterocycles. The summed E-state index contributed by atoms with van der Waals surface area (Å²) in [5, 5.41) is 24.3. The normalized spacial score (nSPS) is 16.0. The molecule has 0 spiro atoms. The van der Waals surface area contributed by atoms with E-state index in [2.05, 4.69) is 36.9 Å². The number of anilines is 1. The zero-order valence-corrected chi connectivity index (χ0v) is 27.1. The van der Waals surface area contributed by atoms with Crippen LogP contribution in [0.5, 0.6) is 5.75 Å². The number of hydrogen-bond donors (Lipinski definition) is 5. The van der Waals surface area contributed by atoms with Gasteiger partial charge in [0.15, 0.2) is 0 Å². The highest BCUT2D eigenvalue weighted by molar-refractivity contribution is 6.20. The predicted molar refractivity (Wildman–Crippen MR) is 200 cm³/mol. The summed E-state index contributed by atoms with van der Waals surface area (Å²) in [5.74, 6) is -0.113. The number of rotatable bonds is 4. The molecular weight excluding hydrogens is 676 g/mol. The average molecular weight is 699 g/mol. The topological polar surface area (TPSA) is 188 Å². The Balaban J connectivity index is 0.931. The van der Waals surface area contributed by atoms with E-state index < -0.39 is 6.35 Å². The maximum Gasteiger partial charge on any atom is 0.324 e. The van der Waals surface area contributed by atoms with Gasteiger partial charge in [-0.15, -0.1) is 5.10 Å². The minimum atomic E-state index is -0.956. The summed E-state index contributed by atoms with van der Waals surface area (Å²) in [4.78, 5) is 50.3. The molecule has 53 heavy (non-hydrogen) atoms. The van der Waals surface area contributed by atoms with Crippen molar-refractivity contribution in [1.29, 1.82) is 0 Å². The molecule has 15 nitrogen and oxygen atoms in total. The highest BCUT2D eigenvalue weighted by atomic mass is 16.6. The number of imidazole rings is 2. The van der Waals surface area contributed by atoms with Gasteiger partial charge in [0, 0.05) is 43.1 Å². The number of aromatic hydroxyl groups is 1. The van der Waals surface area contributed by atoms with Crippen molar-refractivity contribution in [2.24, 2.45) is 10.2 Å². The fraction of sp³-hybridized carbons (Fsp3) is 0.0263. The smallest absolute Gasteiger partial charge is 0.324 e. The lowest BCUT2D eigenvalue weighted by Gasteiger charge is -2.13. The first-order valence-electron chi connectivity index (χ1n) is 16.5. The summed E-state index contributed by atoms with van der Waals surface area (Å²) in [6.07, 6.45) is -0.956. The zero-order chi connectivity index (χ0) is 35.5. The van der Waals surface area contributed by atoms with Gasteiger partial charge in [0.05, 0.1) is 22.1 Å². The third-order valence-electron chi connectivity index (χ3n) is 9.81. The van der Waals surface area contributed by atoms with Crippen LogP contribution in [0.1, 0.15) is 0 Å². The van der Waals surface area contributed by atoms with Crippen LogP contribution < -0.4 is 43.6 Å². The molecule has 15 heteroatoms. The third kappa shape index (κ3) is 3.98. The van der Waals surface area contributed by atoms with Crippen LogP contribution in [0.25, 0.3) is 76.5 Å². The summed E-state index contributed by atoms with van der Waals surface area (Å²) < 4.78 is 8.91. The van der Waals surface area contributed by atoms with Gasteiger partial charge in [-0.25, -0.2) is 9.97 Å². The second-order valence-electron chi connectivity index (χ2n) is 12.7. The molecule has 4 aromatic heterocycles. The largest absolute Gasteiger partial charge is 0.506 e. The molecule has 5 heterocycles. The SMILES string of the molecule is O=c1cc2c3c(cccc3c(=O)n3c4ccccc4nc23)c1=NNC1NNC(=NNc2c(O)cc3c4c2cccc4c(=O)n2c4ccccc4nc32)O1. The number of hydrazone groups is 1. The maximum absolute atomic E-state index is 13.7. The molecule has 1 fully saturated rings. The lowest BCUT2D eigenvalue weighted by Crippen LogP contribution is -2.41. The number of nitrogens with one attached hydrogen (secondary N) is 4. The Bertz CT molecular complexity index is 3490. The molecule has 1 aliphatic rings. The van der Waals surface area contributed by atoms with Crippen molar-refractivity contribution in [1.82, 2.24) is 35.0 Å². The highest BCUT2D eigenvalue weighted by Gasteiger charge is 2.23. The first kappa shape index (κ1) is 29.1. The van der Waals surface area contributed by atoms with Crippen LogP contribution in [0, 0.1) is 0 Å². The number of fused-ring (bicyclic) bond motifs is 8. The van der Waals surface area contributed by atoms with Crippen LogP contribution in [0.2, 0.25) is 0 Å². The molecule has 0 bridgehead atoms. The number of benzene rings is 6. The molecule has 11 rings (SSSR count). The van der Waals surface area contributed by atoms with Gasteiger partial charge in [-0.05, 0) is 48.5 Å². The minimum absolute atomic E-state index is 0.000753. The van der Waals surface area contributed by atoms with E-state index in [1.54, 1.807) is 51.3 Å². The molecule has 1 unspecified atom stereocenters. The van der Waals surface area contributed by atoms with Gasteiger partial charge in [-0.3, -0.25) is 39.5 Å². The van der Waals surface area contributed by atoms with Gasteiger partial charge in [-0.2, -0.15) is 10.5 Å². The number of nitrogens with zero attached hydrogens (tertiary/aromatic N) is 6. The van der Waals surface area contributed by atoms with Crippen LogP contribution in [0.3, 0.4) is 0 Å². The maximum atomic E-state index is 13.7. The molecule has 6 aromatic carbocycles. The molecule has 0 aliphatic carbocycles. The Morgan fingerprint density at radius 2 is 1.26 bits per heavy atom. The number of hydrazine groups is 1. The number of phenolic OH excluding ortho intramolecular Hbond substituents is 1. The summed E-state index contributed by atoms with van der Waals surface area (Å²) in [6.45, 7) is 0. The van der Waals surface area contributed by atoms with Crippen LogP contribution in [0.15, 0.2) is 122 Å². The Labute approximate surface area is 293 Å². The van der Waals surface area contributed by atoms with Crippen LogP contribution in [-0.2, 0) is 4.74 Å². The van der Waals surface area contributed by atoms with Crippen LogP contribution >= 0.6 is 0 Å². The Morgan fingerprint density at radius 1 is 0.679 bits per heavy atom. The quantitative estimate of drug-likeness (QED) is 0.134. The molecule has 254 valence electrons. The van der Waals surface area contributed by atoms with Gasteiger partial charge in [0.25, 0.3) is 17.5 Å². The minimum Gasteiger partial charge on any atom is -0.506 e. The fourth-order valence-corrected chi connectivity index (χ4v) is 7.56. The average Bonchev–Trinajstić information content (AvgIpc) is 3.91. The lowest BCUT2D eigenvalue weighted by molar-refractivity contribution is 0.155. The number of ether oxygens (including phenoxy) is 1. The molecule has 10 aromatic rings. The highest BCUT2D eigenvalue weighted by Crippen LogP contribution is 2.39. The van der Waals surface area contributed by atoms with Gasteiger partial charge in [-0.1, -0.05) is 48.5 Å². The van der Waals surface area contributed by atoms with Crippen molar-refractivity contribution in [2.45, 2.75) is 6.35 Å². The van der Waals surface area contributed by atoms with E-state index in [1.807, 2.05) is 48.5 Å². The van der Waals surface area contributed by atoms with E-state index in [-0.39, 0.29) is 39.4 Å². The van der Waals surface area contributed by atoms with Crippen molar-refractivity contribution >= 4 is 88.2 Å². The van der Waals surface area contributed by atoms with E-state index in [9.17, 15) is 19.5 Å². The molecular formula is C38H22N10O5. The summed E-state index contributed by atoms with van der Waals surface area (Å²) in [7, 11) is 0. The van der Waals surface area contributed by atoms with Crippen molar-refractivity contribution in [3.05, 3.63) is 133 Å². The Kier molecular flexibility index (Phi) is 5.74.